The van der Waals surface area contributed by atoms with E-state index < -0.39 is 29.2 Å². The van der Waals surface area contributed by atoms with Gasteiger partial charge in [-0.1, -0.05) is 74.0 Å². The number of carboxylic acid groups (broad SMARTS) is 1. The number of rotatable bonds is 8. The number of amides is 1. The van der Waals surface area contributed by atoms with E-state index in [-0.39, 0.29) is 29.9 Å². The molecule has 37 heavy (non-hydrogen) atoms. The van der Waals surface area contributed by atoms with Crippen LogP contribution in [0.2, 0.25) is 0 Å². The first kappa shape index (κ1) is 24.8. The summed E-state index contributed by atoms with van der Waals surface area (Å²) in [5, 5.41) is 9.93. The first-order chi connectivity index (χ1) is 18.0. The van der Waals surface area contributed by atoms with E-state index in [9.17, 15) is 19.5 Å². The zero-order valence-corrected chi connectivity index (χ0v) is 20.7. The number of ether oxygens (including phenoxy) is 2. The number of nitrogens with zero attached hydrogens (tertiary/aromatic N) is 2. The second kappa shape index (κ2) is 10.6. The molecule has 8 heteroatoms. The first-order valence-electron chi connectivity index (χ1n) is 12.7. The number of benzene rings is 2. The standard InChI is InChI=1S/C29H30N2O6/c1-2-3-16-36-26-24-27(33)30-15-10-17-37-28(30)23(31(24)18-21(25(26)32)29(34)35)22(19-11-6-4-7-12-19)20-13-8-5-9-14-20/h4-9,11-14,18,22-23,28H,2-3,10,15-17H2,1H3,(H,34,35)/t23-,28?/m0/s1. The largest absolute Gasteiger partial charge is 0.487 e. The molecule has 0 saturated carbocycles. The normalized spacial score (nSPS) is 18.9. The molecule has 0 spiro atoms. The van der Waals surface area contributed by atoms with Crippen LogP contribution in [-0.2, 0) is 4.74 Å². The summed E-state index contributed by atoms with van der Waals surface area (Å²) in [5.74, 6) is -2.25. The molecule has 2 aromatic carbocycles. The van der Waals surface area contributed by atoms with Crippen LogP contribution in [0.1, 0.15) is 70.1 Å². The number of hydrogen-bond acceptors (Lipinski definition) is 5. The molecule has 2 aliphatic heterocycles. The highest BCUT2D eigenvalue weighted by Crippen LogP contribution is 2.44. The Balaban J connectivity index is 1.80. The lowest BCUT2D eigenvalue weighted by atomic mass is 9.82. The molecule has 2 atom stereocenters. The van der Waals surface area contributed by atoms with Crippen LogP contribution in [0.5, 0.6) is 5.75 Å². The van der Waals surface area contributed by atoms with Gasteiger partial charge in [-0.3, -0.25) is 9.59 Å². The van der Waals surface area contributed by atoms with Gasteiger partial charge in [0.15, 0.2) is 17.7 Å². The molecule has 1 aromatic heterocycles. The third-order valence-corrected chi connectivity index (χ3v) is 7.04. The SMILES string of the molecule is CCCCOc1c2n(cc(C(=O)O)c1=O)[C@@H](C(c1ccccc1)c1ccccc1)C1OCCCN1C2=O. The van der Waals surface area contributed by atoms with Crippen molar-refractivity contribution < 1.29 is 24.2 Å². The van der Waals surface area contributed by atoms with Crippen LogP contribution >= 0.6 is 0 Å². The summed E-state index contributed by atoms with van der Waals surface area (Å²) in [7, 11) is 0. The number of carbonyl (C=O) groups is 2. The Morgan fingerprint density at radius 3 is 2.32 bits per heavy atom. The van der Waals surface area contributed by atoms with Gasteiger partial charge in [0.1, 0.15) is 5.56 Å². The molecule has 2 aliphatic rings. The first-order valence-corrected chi connectivity index (χ1v) is 12.7. The molecule has 3 aromatic rings. The van der Waals surface area contributed by atoms with Gasteiger partial charge in [-0.25, -0.2) is 4.79 Å². The number of fused-ring (bicyclic) bond motifs is 2. The lowest BCUT2D eigenvalue weighted by molar-refractivity contribution is -0.114. The third kappa shape index (κ3) is 4.53. The van der Waals surface area contributed by atoms with E-state index in [1.54, 1.807) is 9.47 Å². The molecule has 0 aliphatic carbocycles. The summed E-state index contributed by atoms with van der Waals surface area (Å²) >= 11 is 0. The van der Waals surface area contributed by atoms with Gasteiger partial charge >= 0.3 is 5.97 Å². The van der Waals surface area contributed by atoms with E-state index in [2.05, 4.69) is 0 Å². The summed E-state index contributed by atoms with van der Waals surface area (Å²) in [5.41, 5.74) is 0.829. The van der Waals surface area contributed by atoms with Gasteiger partial charge in [-0.15, -0.1) is 0 Å². The maximum Gasteiger partial charge on any atom is 0.341 e. The molecular formula is C29H30N2O6. The average Bonchev–Trinajstić information content (AvgIpc) is 2.92. The summed E-state index contributed by atoms with van der Waals surface area (Å²) in [6.07, 6.45) is 2.81. The summed E-state index contributed by atoms with van der Waals surface area (Å²) in [6, 6.07) is 19.2. The van der Waals surface area contributed by atoms with Gasteiger partial charge in [0.25, 0.3) is 5.91 Å². The van der Waals surface area contributed by atoms with Crippen LogP contribution in [0.4, 0.5) is 0 Å². The van der Waals surface area contributed by atoms with Crippen molar-refractivity contribution in [2.24, 2.45) is 0 Å². The molecule has 5 rings (SSSR count). The summed E-state index contributed by atoms with van der Waals surface area (Å²) < 4.78 is 13.7. The Hall–Kier alpha value is -3.91. The van der Waals surface area contributed by atoms with E-state index in [0.29, 0.717) is 26.0 Å². The predicted octanol–water partition coefficient (Wildman–Crippen LogP) is 4.30. The van der Waals surface area contributed by atoms with Crippen LogP contribution in [0.3, 0.4) is 0 Å². The van der Waals surface area contributed by atoms with Crippen molar-refractivity contribution in [1.29, 1.82) is 0 Å². The number of hydrogen-bond donors (Lipinski definition) is 1. The lowest BCUT2D eigenvalue weighted by Crippen LogP contribution is -2.57. The Labute approximate surface area is 215 Å². The molecule has 1 N–H and O–H groups in total. The second-order valence-electron chi connectivity index (χ2n) is 9.37. The Bertz CT molecular complexity index is 1300. The number of carbonyl (C=O) groups excluding carboxylic acids is 1. The minimum atomic E-state index is -1.37. The van der Waals surface area contributed by atoms with E-state index in [1.807, 2.05) is 67.6 Å². The van der Waals surface area contributed by atoms with Crippen molar-refractivity contribution in [3.05, 3.63) is 99.5 Å². The molecule has 0 bridgehead atoms. The van der Waals surface area contributed by atoms with Gasteiger partial charge in [-0.2, -0.15) is 0 Å². The molecule has 1 saturated heterocycles. The Morgan fingerprint density at radius 2 is 1.73 bits per heavy atom. The topological polar surface area (TPSA) is 98.1 Å². The van der Waals surface area contributed by atoms with Crippen molar-refractivity contribution in [2.45, 2.75) is 44.4 Å². The molecular weight excluding hydrogens is 472 g/mol. The van der Waals surface area contributed by atoms with E-state index in [0.717, 1.165) is 17.5 Å². The monoisotopic (exact) mass is 502 g/mol. The fourth-order valence-electron chi connectivity index (χ4n) is 5.32. The van der Waals surface area contributed by atoms with Crippen molar-refractivity contribution in [3.8, 4) is 5.75 Å². The predicted molar refractivity (Wildman–Crippen MR) is 137 cm³/mol. The number of pyridine rings is 1. The highest BCUT2D eigenvalue weighted by atomic mass is 16.5. The molecule has 0 radical (unpaired) electrons. The van der Waals surface area contributed by atoms with Crippen LogP contribution in [-0.4, -0.2) is 52.4 Å². The summed E-state index contributed by atoms with van der Waals surface area (Å²) in [6.45, 7) is 3.14. The van der Waals surface area contributed by atoms with Crippen molar-refractivity contribution in [3.63, 3.8) is 0 Å². The molecule has 1 fully saturated rings. The average molecular weight is 503 g/mol. The number of aromatic nitrogens is 1. The molecule has 192 valence electrons. The van der Waals surface area contributed by atoms with Gasteiger partial charge in [0.05, 0.1) is 19.3 Å². The number of unbranched alkanes of at least 4 members (excludes halogenated alkanes) is 1. The van der Waals surface area contributed by atoms with Crippen LogP contribution in [0.25, 0.3) is 0 Å². The van der Waals surface area contributed by atoms with Crippen LogP contribution < -0.4 is 10.2 Å². The van der Waals surface area contributed by atoms with E-state index >= 15 is 0 Å². The van der Waals surface area contributed by atoms with Gasteiger partial charge in [-0.05, 0) is 24.0 Å². The fraction of sp³-hybridized carbons (Fsp3) is 0.345. The number of aromatic carboxylic acids is 1. The second-order valence-corrected chi connectivity index (χ2v) is 9.37. The zero-order valence-electron chi connectivity index (χ0n) is 20.7. The summed E-state index contributed by atoms with van der Waals surface area (Å²) in [4.78, 5) is 41.0. The van der Waals surface area contributed by atoms with Crippen LogP contribution in [0.15, 0.2) is 71.7 Å². The minimum absolute atomic E-state index is 0.0784. The third-order valence-electron chi connectivity index (χ3n) is 7.04. The van der Waals surface area contributed by atoms with Crippen molar-refractivity contribution in [2.75, 3.05) is 19.8 Å². The maximum absolute atomic E-state index is 13.8. The van der Waals surface area contributed by atoms with Gasteiger partial charge in [0, 0.05) is 18.7 Å². The minimum Gasteiger partial charge on any atom is -0.487 e. The molecule has 3 heterocycles. The van der Waals surface area contributed by atoms with Crippen molar-refractivity contribution >= 4 is 11.9 Å². The molecule has 8 nitrogen and oxygen atoms in total. The van der Waals surface area contributed by atoms with Gasteiger partial charge < -0.3 is 24.0 Å². The Kier molecular flexibility index (Phi) is 7.10. The molecule has 1 unspecified atom stereocenters. The highest BCUT2D eigenvalue weighted by Gasteiger charge is 2.48. The number of carboxylic acids is 1. The van der Waals surface area contributed by atoms with Crippen LogP contribution in [0, 0.1) is 0 Å². The smallest absolute Gasteiger partial charge is 0.341 e. The maximum atomic E-state index is 13.8. The zero-order chi connectivity index (χ0) is 25.9. The highest BCUT2D eigenvalue weighted by molar-refractivity contribution is 5.98. The quantitative estimate of drug-likeness (QED) is 0.461. The van der Waals surface area contributed by atoms with E-state index in [4.69, 9.17) is 9.47 Å². The van der Waals surface area contributed by atoms with Crippen molar-refractivity contribution in [1.82, 2.24) is 9.47 Å². The lowest BCUT2D eigenvalue weighted by Gasteiger charge is -2.48. The van der Waals surface area contributed by atoms with E-state index in [1.165, 1.54) is 6.20 Å². The fourth-order valence-corrected chi connectivity index (χ4v) is 5.32. The van der Waals surface area contributed by atoms with Gasteiger partial charge in [0.2, 0.25) is 5.43 Å². The molecule has 1 amide bonds. The Morgan fingerprint density at radius 1 is 1.08 bits per heavy atom.